The number of nitrogens with two attached hydrogens (primary N) is 2. The van der Waals surface area contributed by atoms with Crippen molar-refractivity contribution in [3.05, 3.63) is 23.4 Å². The fourth-order valence-electron chi connectivity index (χ4n) is 1.11. The zero-order valence-corrected chi connectivity index (χ0v) is 8.21. The number of aromatic nitrogens is 1. The molecule has 82 valence electrons. The summed E-state index contributed by atoms with van der Waals surface area (Å²) in [5, 5.41) is 18.8. The molecular weight excluding hydrogens is 198 g/mol. The van der Waals surface area contributed by atoms with Gasteiger partial charge in [0.2, 0.25) is 5.91 Å². The Morgan fingerprint density at radius 3 is 2.60 bits per heavy atom. The molecule has 6 N–H and O–H groups in total. The van der Waals surface area contributed by atoms with Crippen LogP contribution in [0, 0.1) is 6.92 Å². The lowest BCUT2D eigenvalue weighted by molar-refractivity contribution is -0.131. The van der Waals surface area contributed by atoms with Gasteiger partial charge in [-0.3, -0.25) is 4.79 Å². The number of aryl methyl sites for hydroxylation is 1. The molecule has 1 rings (SSSR count). The van der Waals surface area contributed by atoms with E-state index in [4.69, 9.17) is 11.5 Å². The maximum Gasteiger partial charge on any atom is 0.249 e. The van der Waals surface area contributed by atoms with Gasteiger partial charge in [0, 0.05) is 11.8 Å². The van der Waals surface area contributed by atoms with Crippen LogP contribution in [-0.4, -0.2) is 27.2 Å². The average molecular weight is 211 g/mol. The highest BCUT2D eigenvalue weighted by Gasteiger charge is 2.23. The number of anilines is 1. The molecule has 1 aromatic rings. The number of amides is 1. The first-order valence-electron chi connectivity index (χ1n) is 4.31. The second-order valence-electron chi connectivity index (χ2n) is 3.26. The van der Waals surface area contributed by atoms with Crippen molar-refractivity contribution >= 4 is 11.7 Å². The standard InChI is InChI=1S/C9H13N3O3/c1-4-2-5(3-12-8(4)10)6(13)7(14)9(11)15/h2-3,6-7,13-14H,1H3,(H2,10,12)(H2,11,15). The fraction of sp³-hybridized carbons (Fsp3) is 0.333. The number of pyridine rings is 1. The summed E-state index contributed by atoms with van der Waals surface area (Å²) in [6.07, 6.45) is -1.73. The topological polar surface area (TPSA) is 122 Å². The Balaban J connectivity index is 2.96. The number of rotatable bonds is 3. The fourth-order valence-corrected chi connectivity index (χ4v) is 1.11. The van der Waals surface area contributed by atoms with E-state index in [0.29, 0.717) is 16.9 Å². The highest BCUT2D eigenvalue weighted by atomic mass is 16.3. The predicted octanol–water partition coefficient (Wildman–Crippen LogP) is -1.15. The van der Waals surface area contributed by atoms with Crippen molar-refractivity contribution in [3.63, 3.8) is 0 Å². The third kappa shape index (κ3) is 2.42. The summed E-state index contributed by atoms with van der Waals surface area (Å²) in [7, 11) is 0. The van der Waals surface area contributed by atoms with Crippen LogP contribution in [0.15, 0.2) is 12.3 Å². The van der Waals surface area contributed by atoms with E-state index in [1.54, 1.807) is 13.0 Å². The Labute approximate surface area is 86.5 Å². The molecule has 6 nitrogen and oxygen atoms in total. The monoisotopic (exact) mass is 211 g/mol. The van der Waals surface area contributed by atoms with E-state index in [1.165, 1.54) is 6.20 Å². The van der Waals surface area contributed by atoms with E-state index in [9.17, 15) is 15.0 Å². The lowest BCUT2D eigenvalue weighted by Gasteiger charge is -2.15. The van der Waals surface area contributed by atoms with Crippen molar-refractivity contribution in [2.75, 3.05) is 5.73 Å². The first kappa shape index (κ1) is 11.4. The van der Waals surface area contributed by atoms with E-state index in [0.717, 1.165) is 0 Å². The molecule has 6 heteroatoms. The number of nitrogen functional groups attached to an aromatic ring is 1. The van der Waals surface area contributed by atoms with E-state index < -0.39 is 18.1 Å². The molecule has 1 amide bonds. The summed E-state index contributed by atoms with van der Waals surface area (Å²) in [4.78, 5) is 14.4. The lowest BCUT2D eigenvalue weighted by atomic mass is 10.0. The van der Waals surface area contributed by atoms with Gasteiger partial charge in [0.25, 0.3) is 0 Å². The van der Waals surface area contributed by atoms with Crippen molar-refractivity contribution in [2.24, 2.45) is 5.73 Å². The Morgan fingerprint density at radius 2 is 2.13 bits per heavy atom. The quantitative estimate of drug-likeness (QED) is 0.503. The van der Waals surface area contributed by atoms with Crippen molar-refractivity contribution in [2.45, 2.75) is 19.1 Å². The Morgan fingerprint density at radius 1 is 1.53 bits per heavy atom. The summed E-state index contributed by atoms with van der Waals surface area (Å²) < 4.78 is 0. The Hall–Kier alpha value is -1.66. The molecule has 0 aliphatic heterocycles. The van der Waals surface area contributed by atoms with Gasteiger partial charge in [0.05, 0.1) is 0 Å². The second kappa shape index (κ2) is 4.24. The van der Waals surface area contributed by atoms with Gasteiger partial charge in [0.15, 0.2) is 6.10 Å². The van der Waals surface area contributed by atoms with Crippen LogP contribution in [0.4, 0.5) is 5.82 Å². The van der Waals surface area contributed by atoms with Crippen LogP contribution in [0.5, 0.6) is 0 Å². The van der Waals surface area contributed by atoms with Gasteiger partial charge >= 0.3 is 0 Å². The normalized spacial score (nSPS) is 14.6. The van der Waals surface area contributed by atoms with Crippen molar-refractivity contribution in [3.8, 4) is 0 Å². The van der Waals surface area contributed by atoms with Crippen molar-refractivity contribution < 1.29 is 15.0 Å². The largest absolute Gasteiger partial charge is 0.385 e. The van der Waals surface area contributed by atoms with Crippen LogP contribution < -0.4 is 11.5 Å². The van der Waals surface area contributed by atoms with Crippen LogP contribution in [-0.2, 0) is 4.79 Å². The van der Waals surface area contributed by atoms with Crippen molar-refractivity contribution in [1.29, 1.82) is 0 Å². The first-order chi connectivity index (χ1) is 6.93. The van der Waals surface area contributed by atoms with Gasteiger partial charge < -0.3 is 21.7 Å². The van der Waals surface area contributed by atoms with Gasteiger partial charge in [-0.05, 0) is 18.6 Å². The first-order valence-corrected chi connectivity index (χ1v) is 4.31. The zero-order chi connectivity index (χ0) is 11.6. The van der Waals surface area contributed by atoms with E-state index in [-0.39, 0.29) is 0 Å². The summed E-state index contributed by atoms with van der Waals surface area (Å²) in [6.45, 7) is 1.70. The summed E-state index contributed by atoms with van der Waals surface area (Å²) >= 11 is 0. The number of aliphatic hydroxyl groups is 2. The average Bonchev–Trinajstić information content (AvgIpc) is 2.19. The summed E-state index contributed by atoms with van der Waals surface area (Å²) in [6, 6.07) is 1.54. The Bertz CT molecular complexity index is 381. The highest BCUT2D eigenvalue weighted by Crippen LogP contribution is 2.19. The molecule has 1 aromatic heterocycles. The molecule has 15 heavy (non-hydrogen) atoms. The van der Waals surface area contributed by atoms with Crippen LogP contribution >= 0.6 is 0 Å². The number of carbonyl (C=O) groups is 1. The molecule has 0 aliphatic rings. The summed E-state index contributed by atoms with van der Waals surface area (Å²) in [5.41, 5.74) is 11.3. The van der Waals surface area contributed by atoms with Gasteiger partial charge in [0.1, 0.15) is 11.9 Å². The minimum atomic E-state index is -1.64. The minimum Gasteiger partial charge on any atom is -0.385 e. The predicted molar refractivity (Wildman–Crippen MR) is 53.5 cm³/mol. The number of aliphatic hydroxyl groups excluding tert-OH is 2. The molecule has 0 aromatic carbocycles. The maximum absolute atomic E-state index is 10.6. The SMILES string of the molecule is Cc1cc(C(O)C(O)C(N)=O)cnc1N. The smallest absolute Gasteiger partial charge is 0.249 e. The van der Waals surface area contributed by atoms with E-state index >= 15 is 0 Å². The van der Waals surface area contributed by atoms with Gasteiger partial charge in [-0.15, -0.1) is 0 Å². The van der Waals surface area contributed by atoms with Crippen LogP contribution in [0.2, 0.25) is 0 Å². The van der Waals surface area contributed by atoms with Gasteiger partial charge in [-0.25, -0.2) is 4.98 Å². The number of primary amides is 1. The molecule has 0 spiro atoms. The minimum absolute atomic E-state index is 0.299. The Kier molecular flexibility index (Phi) is 3.23. The molecule has 0 saturated heterocycles. The highest BCUT2D eigenvalue weighted by molar-refractivity contribution is 5.79. The lowest BCUT2D eigenvalue weighted by Crippen LogP contribution is -2.33. The molecule has 0 saturated carbocycles. The second-order valence-corrected chi connectivity index (χ2v) is 3.26. The van der Waals surface area contributed by atoms with E-state index in [1.807, 2.05) is 0 Å². The molecule has 0 radical (unpaired) electrons. The molecule has 0 aliphatic carbocycles. The third-order valence-electron chi connectivity index (χ3n) is 2.07. The molecule has 1 heterocycles. The van der Waals surface area contributed by atoms with Crippen LogP contribution in [0.1, 0.15) is 17.2 Å². The van der Waals surface area contributed by atoms with Gasteiger partial charge in [-0.2, -0.15) is 0 Å². The molecule has 2 atom stereocenters. The maximum atomic E-state index is 10.6. The summed E-state index contributed by atoms with van der Waals surface area (Å²) in [5.74, 6) is -0.656. The molecule has 2 unspecified atom stereocenters. The molecular formula is C9H13N3O3. The molecule has 0 fully saturated rings. The number of hydrogen-bond donors (Lipinski definition) is 4. The van der Waals surface area contributed by atoms with Crippen LogP contribution in [0.3, 0.4) is 0 Å². The number of carbonyl (C=O) groups excluding carboxylic acids is 1. The number of hydrogen-bond acceptors (Lipinski definition) is 5. The van der Waals surface area contributed by atoms with E-state index in [2.05, 4.69) is 4.98 Å². The third-order valence-corrected chi connectivity index (χ3v) is 2.07. The number of nitrogens with zero attached hydrogens (tertiary/aromatic N) is 1. The molecule has 0 bridgehead atoms. The van der Waals surface area contributed by atoms with Gasteiger partial charge in [-0.1, -0.05) is 0 Å². The van der Waals surface area contributed by atoms with Crippen molar-refractivity contribution in [1.82, 2.24) is 4.98 Å². The zero-order valence-electron chi connectivity index (χ0n) is 8.21. The van der Waals surface area contributed by atoms with Crippen LogP contribution in [0.25, 0.3) is 0 Å².